The van der Waals surface area contributed by atoms with E-state index < -0.39 is 23.7 Å². The van der Waals surface area contributed by atoms with E-state index in [4.69, 9.17) is 14.2 Å². The quantitative estimate of drug-likeness (QED) is 0.548. The number of carbonyl (C=O) groups is 1. The highest BCUT2D eigenvalue weighted by Gasteiger charge is 2.30. The molecule has 0 N–H and O–H groups in total. The van der Waals surface area contributed by atoms with Crippen LogP contribution in [0.1, 0.15) is 51.2 Å². The van der Waals surface area contributed by atoms with E-state index in [1.165, 1.54) is 24.3 Å². The molecule has 0 fully saturated rings. The first kappa shape index (κ1) is 21.7. The lowest BCUT2D eigenvalue weighted by atomic mass is 9.85. The van der Waals surface area contributed by atoms with Crippen LogP contribution in [0.2, 0.25) is 0 Å². The number of rotatable bonds is 9. The first-order valence-corrected chi connectivity index (χ1v) is 9.45. The SMILES string of the molecule is CCOc1cc(F)ccc1C(c1ccc(F)cc1OCC)C(C)OC(=O)CC. The van der Waals surface area contributed by atoms with Gasteiger partial charge in [-0.1, -0.05) is 19.1 Å². The van der Waals surface area contributed by atoms with E-state index in [0.717, 1.165) is 0 Å². The summed E-state index contributed by atoms with van der Waals surface area (Å²) >= 11 is 0. The number of benzene rings is 2. The third kappa shape index (κ3) is 5.21. The maximum atomic E-state index is 13.8. The van der Waals surface area contributed by atoms with E-state index in [1.54, 1.807) is 39.8 Å². The summed E-state index contributed by atoms with van der Waals surface area (Å²) in [7, 11) is 0. The molecule has 0 saturated carbocycles. The molecule has 0 heterocycles. The Kier molecular flexibility index (Phi) is 7.79. The highest BCUT2D eigenvalue weighted by molar-refractivity contribution is 5.69. The van der Waals surface area contributed by atoms with Crippen LogP contribution in [0.5, 0.6) is 11.5 Å². The Bertz CT molecular complexity index is 752. The van der Waals surface area contributed by atoms with Gasteiger partial charge in [0.05, 0.1) is 19.1 Å². The highest BCUT2D eigenvalue weighted by atomic mass is 19.1. The van der Waals surface area contributed by atoms with Gasteiger partial charge in [0.25, 0.3) is 0 Å². The standard InChI is InChI=1S/C22H26F2O4/c1-5-21(25)28-14(4)22(17-10-8-15(23)12-19(17)26-6-2)18-11-9-16(24)13-20(18)27-7-3/h8-14,22H,5-7H2,1-4H3. The number of hydrogen-bond acceptors (Lipinski definition) is 4. The Morgan fingerprint density at radius 2 is 1.36 bits per heavy atom. The second-order valence-corrected chi connectivity index (χ2v) is 6.26. The zero-order valence-corrected chi connectivity index (χ0v) is 16.6. The van der Waals surface area contributed by atoms with Crippen LogP contribution in [0.4, 0.5) is 8.78 Å². The van der Waals surface area contributed by atoms with Gasteiger partial charge in [0.15, 0.2) is 0 Å². The number of ether oxygens (including phenoxy) is 3. The Labute approximate surface area is 164 Å². The molecule has 1 unspecified atom stereocenters. The second kappa shape index (κ2) is 10.1. The molecule has 0 radical (unpaired) electrons. The molecule has 28 heavy (non-hydrogen) atoms. The summed E-state index contributed by atoms with van der Waals surface area (Å²) < 4.78 is 44.5. The van der Waals surface area contributed by atoms with E-state index in [1.807, 2.05) is 0 Å². The summed E-state index contributed by atoms with van der Waals surface area (Å²) in [6, 6.07) is 8.43. The third-order valence-corrected chi connectivity index (χ3v) is 4.30. The predicted molar refractivity (Wildman–Crippen MR) is 103 cm³/mol. The fourth-order valence-corrected chi connectivity index (χ4v) is 3.12. The summed E-state index contributed by atoms with van der Waals surface area (Å²) in [4.78, 5) is 11.9. The zero-order valence-electron chi connectivity index (χ0n) is 16.6. The maximum Gasteiger partial charge on any atom is 0.305 e. The molecule has 0 bridgehead atoms. The average molecular weight is 392 g/mol. The molecule has 0 aliphatic carbocycles. The van der Waals surface area contributed by atoms with Gasteiger partial charge in [0, 0.05) is 29.7 Å². The molecular formula is C22H26F2O4. The van der Waals surface area contributed by atoms with Crippen molar-refractivity contribution in [2.45, 2.75) is 46.1 Å². The molecule has 6 heteroatoms. The van der Waals surface area contributed by atoms with Crippen molar-refractivity contribution in [3.05, 3.63) is 59.2 Å². The molecule has 0 aromatic heterocycles. The minimum atomic E-state index is -0.609. The molecular weight excluding hydrogens is 366 g/mol. The van der Waals surface area contributed by atoms with E-state index in [9.17, 15) is 13.6 Å². The van der Waals surface area contributed by atoms with Gasteiger partial charge in [-0.3, -0.25) is 4.79 Å². The molecule has 0 spiro atoms. The Hall–Kier alpha value is -2.63. The van der Waals surface area contributed by atoms with Crippen molar-refractivity contribution >= 4 is 5.97 Å². The molecule has 2 aromatic rings. The van der Waals surface area contributed by atoms with Crippen molar-refractivity contribution < 1.29 is 27.8 Å². The minimum absolute atomic E-state index is 0.223. The fourth-order valence-electron chi connectivity index (χ4n) is 3.12. The lowest BCUT2D eigenvalue weighted by Gasteiger charge is -2.28. The van der Waals surface area contributed by atoms with Crippen molar-refractivity contribution in [3.8, 4) is 11.5 Å². The van der Waals surface area contributed by atoms with Crippen LogP contribution in [-0.2, 0) is 9.53 Å². The predicted octanol–water partition coefficient (Wildman–Crippen LogP) is 5.24. The van der Waals surface area contributed by atoms with E-state index in [2.05, 4.69) is 0 Å². The van der Waals surface area contributed by atoms with Gasteiger partial charge >= 0.3 is 5.97 Å². The van der Waals surface area contributed by atoms with Crippen molar-refractivity contribution in [2.24, 2.45) is 0 Å². The lowest BCUT2D eigenvalue weighted by molar-refractivity contribution is -0.148. The van der Waals surface area contributed by atoms with Crippen LogP contribution in [-0.4, -0.2) is 25.3 Å². The van der Waals surface area contributed by atoms with Gasteiger partial charge < -0.3 is 14.2 Å². The molecule has 0 aliphatic heterocycles. The molecule has 0 aliphatic rings. The lowest BCUT2D eigenvalue weighted by Crippen LogP contribution is -2.24. The van der Waals surface area contributed by atoms with Crippen LogP contribution in [0.3, 0.4) is 0 Å². The van der Waals surface area contributed by atoms with E-state index in [0.29, 0.717) is 35.8 Å². The molecule has 0 saturated heterocycles. The minimum Gasteiger partial charge on any atom is -0.493 e. The summed E-state index contributed by atoms with van der Waals surface area (Å²) in [6.07, 6.45) is -0.387. The molecule has 4 nitrogen and oxygen atoms in total. The Balaban J connectivity index is 2.63. The van der Waals surface area contributed by atoms with E-state index >= 15 is 0 Å². The van der Waals surface area contributed by atoms with Gasteiger partial charge in [-0.2, -0.15) is 0 Å². The molecule has 2 aromatic carbocycles. The van der Waals surface area contributed by atoms with E-state index in [-0.39, 0.29) is 12.4 Å². The van der Waals surface area contributed by atoms with Gasteiger partial charge in [-0.15, -0.1) is 0 Å². The molecule has 152 valence electrons. The second-order valence-electron chi connectivity index (χ2n) is 6.26. The highest BCUT2D eigenvalue weighted by Crippen LogP contribution is 2.40. The summed E-state index contributed by atoms with van der Waals surface area (Å²) in [5.74, 6) is -1.07. The number of esters is 1. The number of halogens is 2. The van der Waals surface area contributed by atoms with Crippen LogP contribution in [0.25, 0.3) is 0 Å². The van der Waals surface area contributed by atoms with Crippen molar-refractivity contribution in [1.29, 1.82) is 0 Å². The Morgan fingerprint density at radius 1 is 0.893 bits per heavy atom. The maximum absolute atomic E-state index is 13.8. The van der Waals surface area contributed by atoms with Crippen molar-refractivity contribution in [1.82, 2.24) is 0 Å². The third-order valence-electron chi connectivity index (χ3n) is 4.30. The van der Waals surface area contributed by atoms with Gasteiger partial charge in [0.1, 0.15) is 29.2 Å². The van der Waals surface area contributed by atoms with Gasteiger partial charge in [0.2, 0.25) is 0 Å². The summed E-state index contributed by atoms with van der Waals surface area (Å²) in [5, 5.41) is 0. The average Bonchev–Trinajstić information content (AvgIpc) is 2.65. The van der Waals surface area contributed by atoms with Crippen molar-refractivity contribution in [3.63, 3.8) is 0 Å². The van der Waals surface area contributed by atoms with Crippen LogP contribution in [0, 0.1) is 11.6 Å². The summed E-state index contributed by atoms with van der Waals surface area (Å²) in [6.45, 7) is 7.73. The topological polar surface area (TPSA) is 44.8 Å². The zero-order chi connectivity index (χ0) is 20.7. The Morgan fingerprint density at radius 3 is 1.75 bits per heavy atom. The van der Waals surface area contributed by atoms with Crippen LogP contribution < -0.4 is 9.47 Å². The molecule has 1 atom stereocenters. The van der Waals surface area contributed by atoms with Gasteiger partial charge in [-0.05, 0) is 32.9 Å². The van der Waals surface area contributed by atoms with Crippen LogP contribution >= 0.6 is 0 Å². The fraction of sp³-hybridized carbons (Fsp3) is 0.409. The van der Waals surface area contributed by atoms with Gasteiger partial charge in [-0.25, -0.2) is 8.78 Å². The van der Waals surface area contributed by atoms with Crippen molar-refractivity contribution in [2.75, 3.05) is 13.2 Å². The first-order chi connectivity index (χ1) is 13.4. The largest absolute Gasteiger partial charge is 0.493 e. The molecule has 0 amide bonds. The smallest absolute Gasteiger partial charge is 0.305 e. The summed E-state index contributed by atoms with van der Waals surface area (Å²) in [5.41, 5.74) is 1.26. The first-order valence-electron chi connectivity index (χ1n) is 9.45. The normalized spacial score (nSPS) is 12.0. The molecule has 2 rings (SSSR count). The van der Waals surface area contributed by atoms with Crippen LogP contribution in [0.15, 0.2) is 36.4 Å². The number of hydrogen-bond donors (Lipinski definition) is 0. The monoisotopic (exact) mass is 392 g/mol. The number of carbonyl (C=O) groups excluding carboxylic acids is 1.